The molecule has 0 aliphatic rings. The number of urea groups is 1. The number of nitrogens with one attached hydrogen (secondary N) is 2. The van der Waals surface area contributed by atoms with Gasteiger partial charge in [-0.2, -0.15) is 0 Å². The number of carboxylic acids is 1. The van der Waals surface area contributed by atoms with Gasteiger partial charge in [0.25, 0.3) is 0 Å². The van der Waals surface area contributed by atoms with Crippen molar-refractivity contribution in [2.45, 2.75) is 45.7 Å². The molecule has 0 saturated carbocycles. The standard InChI is InChI=1S/C15H22N2O3/c1-11-6-3-4-8-13(11)10-16-15(20)17-12(2)7-5-9-14(18)19/h3-4,6,8,12H,5,7,9-10H2,1-2H3,(H,18,19)(H2,16,17,20). The van der Waals surface area contributed by atoms with E-state index in [-0.39, 0.29) is 18.5 Å². The lowest BCUT2D eigenvalue weighted by Crippen LogP contribution is -2.40. The molecule has 0 fully saturated rings. The first-order valence-corrected chi connectivity index (χ1v) is 6.79. The fourth-order valence-electron chi connectivity index (χ4n) is 1.89. The Bertz CT molecular complexity index is 460. The molecule has 0 bridgehead atoms. The van der Waals surface area contributed by atoms with Gasteiger partial charge in [-0.05, 0) is 37.8 Å². The summed E-state index contributed by atoms with van der Waals surface area (Å²) in [4.78, 5) is 22.1. The van der Waals surface area contributed by atoms with Crippen LogP contribution in [0.25, 0.3) is 0 Å². The monoisotopic (exact) mass is 278 g/mol. The van der Waals surface area contributed by atoms with Crippen LogP contribution in [-0.2, 0) is 11.3 Å². The Kier molecular flexibility index (Phi) is 6.56. The molecule has 1 atom stereocenters. The molecule has 0 aromatic heterocycles. The SMILES string of the molecule is Cc1ccccc1CNC(=O)NC(C)CCCC(=O)O. The van der Waals surface area contributed by atoms with Crippen molar-refractivity contribution in [2.75, 3.05) is 0 Å². The van der Waals surface area contributed by atoms with E-state index in [1.165, 1.54) is 0 Å². The van der Waals surface area contributed by atoms with Gasteiger partial charge in [0.05, 0.1) is 0 Å². The summed E-state index contributed by atoms with van der Waals surface area (Å²) >= 11 is 0. The van der Waals surface area contributed by atoms with Gasteiger partial charge < -0.3 is 15.7 Å². The van der Waals surface area contributed by atoms with Gasteiger partial charge in [-0.3, -0.25) is 4.79 Å². The predicted molar refractivity (Wildman–Crippen MR) is 77.5 cm³/mol. The minimum atomic E-state index is -0.804. The lowest BCUT2D eigenvalue weighted by molar-refractivity contribution is -0.137. The topological polar surface area (TPSA) is 78.4 Å². The highest BCUT2D eigenvalue weighted by Crippen LogP contribution is 2.06. The smallest absolute Gasteiger partial charge is 0.315 e. The van der Waals surface area contributed by atoms with Crippen LogP contribution < -0.4 is 10.6 Å². The summed E-state index contributed by atoms with van der Waals surface area (Å²) in [6, 6.07) is 7.62. The van der Waals surface area contributed by atoms with E-state index in [1.54, 1.807) is 0 Å². The Labute approximate surface area is 119 Å². The first-order chi connectivity index (χ1) is 9.49. The summed E-state index contributed by atoms with van der Waals surface area (Å²) in [6.45, 7) is 4.36. The lowest BCUT2D eigenvalue weighted by atomic mass is 10.1. The Morgan fingerprint density at radius 1 is 1.30 bits per heavy atom. The van der Waals surface area contributed by atoms with Gasteiger partial charge in [0, 0.05) is 19.0 Å². The van der Waals surface area contributed by atoms with Crippen molar-refractivity contribution in [1.82, 2.24) is 10.6 Å². The van der Waals surface area contributed by atoms with Crippen LogP contribution in [-0.4, -0.2) is 23.1 Å². The molecule has 0 heterocycles. The maximum absolute atomic E-state index is 11.7. The van der Waals surface area contributed by atoms with Crippen molar-refractivity contribution in [3.8, 4) is 0 Å². The Morgan fingerprint density at radius 3 is 2.65 bits per heavy atom. The Hall–Kier alpha value is -2.04. The third-order valence-electron chi connectivity index (χ3n) is 3.11. The highest BCUT2D eigenvalue weighted by molar-refractivity contribution is 5.74. The summed E-state index contributed by atoms with van der Waals surface area (Å²) < 4.78 is 0. The molecule has 0 aliphatic heterocycles. The van der Waals surface area contributed by atoms with Gasteiger partial charge in [-0.25, -0.2) is 4.79 Å². The van der Waals surface area contributed by atoms with E-state index in [1.807, 2.05) is 38.1 Å². The van der Waals surface area contributed by atoms with Gasteiger partial charge in [0.15, 0.2) is 0 Å². The average molecular weight is 278 g/mol. The maximum atomic E-state index is 11.7. The van der Waals surface area contributed by atoms with Crippen LogP contribution in [0.3, 0.4) is 0 Å². The number of amides is 2. The zero-order chi connectivity index (χ0) is 15.0. The molecule has 1 aromatic carbocycles. The summed E-state index contributed by atoms with van der Waals surface area (Å²) in [5.41, 5.74) is 2.23. The normalized spacial score (nSPS) is 11.7. The van der Waals surface area contributed by atoms with Gasteiger partial charge in [0.1, 0.15) is 0 Å². The number of benzene rings is 1. The molecular weight excluding hydrogens is 256 g/mol. The molecular formula is C15H22N2O3. The molecule has 5 heteroatoms. The van der Waals surface area contributed by atoms with Crippen LogP contribution in [0.15, 0.2) is 24.3 Å². The van der Waals surface area contributed by atoms with Crippen molar-refractivity contribution >= 4 is 12.0 Å². The van der Waals surface area contributed by atoms with E-state index >= 15 is 0 Å². The van der Waals surface area contributed by atoms with E-state index in [4.69, 9.17) is 5.11 Å². The molecule has 110 valence electrons. The number of aryl methyl sites for hydroxylation is 1. The van der Waals surface area contributed by atoms with Crippen LogP contribution in [0, 0.1) is 6.92 Å². The highest BCUT2D eigenvalue weighted by Gasteiger charge is 2.08. The second-order valence-electron chi connectivity index (χ2n) is 4.94. The first-order valence-electron chi connectivity index (χ1n) is 6.79. The van der Waals surface area contributed by atoms with Gasteiger partial charge >= 0.3 is 12.0 Å². The van der Waals surface area contributed by atoms with Crippen LogP contribution in [0.4, 0.5) is 4.79 Å². The largest absolute Gasteiger partial charge is 0.481 e. The second-order valence-corrected chi connectivity index (χ2v) is 4.94. The Morgan fingerprint density at radius 2 is 2.00 bits per heavy atom. The molecule has 0 saturated heterocycles. The molecule has 20 heavy (non-hydrogen) atoms. The van der Waals surface area contributed by atoms with E-state index in [0.29, 0.717) is 19.4 Å². The second kappa shape index (κ2) is 8.19. The fraction of sp³-hybridized carbons (Fsp3) is 0.467. The quantitative estimate of drug-likeness (QED) is 0.716. The van der Waals surface area contributed by atoms with Crippen LogP contribution in [0.1, 0.15) is 37.3 Å². The van der Waals surface area contributed by atoms with Crippen LogP contribution in [0.2, 0.25) is 0 Å². The number of aliphatic carboxylic acids is 1. The molecule has 1 rings (SSSR count). The Balaban J connectivity index is 2.26. The van der Waals surface area contributed by atoms with E-state index in [9.17, 15) is 9.59 Å². The molecule has 0 radical (unpaired) electrons. The van der Waals surface area contributed by atoms with E-state index in [0.717, 1.165) is 11.1 Å². The third-order valence-corrected chi connectivity index (χ3v) is 3.11. The van der Waals surface area contributed by atoms with Crippen LogP contribution >= 0.6 is 0 Å². The molecule has 0 aliphatic carbocycles. The number of hydrogen-bond donors (Lipinski definition) is 3. The molecule has 1 unspecified atom stereocenters. The zero-order valence-electron chi connectivity index (χ0n) is 12.0. The molecule has 3 N–H and O–H groups in total. The summed E-state index contributed by atoms with van der Waals surface area (Å²) in [7, 11) is 0. The van der Waals surface area contributed by atoms with E-state index < -0.39 is 5.97 Å². The zero-order valence-corrected chi connectivity index (χ0v) is 12.0. The number of rotatable bonds is 7. The third kappa shape index (κ3) is 6.22. The van der Waals surface area contributed by atoms with Gasteiger partial charge in [0.2, 0.25) is 0 Å². The lowest BCUT2D eigenvalue weighted by Gasteiger charge is -2.14. The number of carbonyl (C=O) groups excluding carboxylic acids is 1. The predicted octanol–water partition coefficient (Wildman–Crippen LogP) is 2.44. The van der Waals surface area contributed by atoms with Gasteiger partial charge in [-0.15, -0.1) is 0 Å². The first kappa shape index (κ1) is 16.0. The van der Waals surface area contributed by atoms with Gasteiger partial charge in [-0.1, -0.05) is 24.3 Å². The van der Waals surface area contributed by atoms with Crippen molar-refractivity contribution in [3.63, 3.8) is 0 Å². The van der Waals surface area contributed by atoms with Crippen molar-refractivity contribution in [2.24, 2.45) is 0 Å². The number of carboxylic acid groups (broad SMARTS) is 1. The van der Waals surface area contributed by atoms with Crippen LogP contribution in [0.5, 0.6) is 0 Å². The highest BCUT2D eigenvalue weighted by atomic mass is 16.4. The average Bonchev–Trinajstić information content (AvgIpc) is 2.37. The molecule has 5 nitrogen and oxygen atoms in total. The van der Waals surface area contributed by atoms with E-state index in [2.05, 4.69) is 10.6 Å². The van der Waals surface area contributed by atoms with Crippen molar-refractivity contribution in [3.05, 3.63) is 35.4 Å². The maximum Gasteiger partial charge on any atom is 0.315 e. The number of hydrogen-bond acceptors (Lipinski definition) is 2. The summed E-state index contributed by atoms with van der Waals surface area (Å²) in [5.74, 6) is -0.804. The minimum absolute atomic E-state index is 0.0359. The number of carbonyl (C=O) groups is 2. The minimum Gasteiger partial charge on any atom is -0.481 e. The summed E-state index contributed by atoms with van der Waals surface area (Å²) in [5, 5.41) is 14.1. The molecule has 1 aromatic rings. The molecule has 2 amide bonds. The van der Waals surface area contributed by atoms with Crippen molar-refractivity contribution in [1.29, 1.82) is 0 Å². The summed E-state index contributed by atoms with van der Waals surface area (Å²) in [6.07, 6.45) is 1.36. The fourth-order valence-corrected chi connectivity index (χ4v) is 1.89. The molecule has 0 spiro atoms. The van der Waals surface area contributed by atoms with Crippen molar-refractivity contribution < 1.29 is 14.7 Å².